The predicted molar refractivity (Wildman–Crippen MR) is 82.6 cm³/mol. The molecule has 2 atom stereocenters. The number of hydrogen-bond acceptors (Lipinski definition) is 3. The topological polar surface area (TPSA) is 66.8 Å². The van der Waals surface area contributed by atoms with Crippen molar-refractivity contribution in [2.45, 2.75) is 38.7 Å². The number of halogens is 2. The van der Waals surface area contributed by atoms with Crippen LogP contribution >= 0.6 is 0 Å². The number of nitrogens with zero attached hydrogens (tertiary/aromatic N) is 1. The molecule has 1 aromatic rings. The minimum Gasteiger partial charge on any atom is -0.481 e. The molecule has 2 rings (SSSR count). The van der Waals surface area contributed by atoms with Gasteiger partial charge in [0.05, 0.1) is 5.92 Å². The van der Waals surface area contributed by atoms with E-state index in [2.05, 4.69) is 0 Å². The summed E-state index contributed by atoms with van der Waals surface area (Å²) in [6, 6.07) is 3.05. The van der Waals surface area contributed by atoms with Gasteiger partial charge >= 0.3 is 12.1 Å². The van der Waals surface area contributed by atoms with Gasteiger partial charge in [0.1, 0.15) is 17.2 Å². The first kappa shape index (κ1) is 18.2. The summed E-state index contributed by atoms with van der Waals surface area (Å²) in [6.07, 6.45) is -0.394. The van der Waals surface area contributed by atoms with Crippen LogP contribution in [-0.4, -0.2) is 40.8 Å². The number of likely N-dealkylation sites (tertiary alicyclic amines) is 1. The van der Waals surface area contributed by atoms with E-state index in [1.54, 1.807) is 20.8 Å². The fourth-order valence-electron chi connectivity index (χ4n) is 2.86. The maximum atomic E-state index is 14.1. The number of carboxylic acids is 1. The number of piperidine rings is 1. The Balaban J connectivity index is 2.27. The van der Waals surface area contributed by atoms with Crippen molar-refractivity contribution < 1.29 is 28.2 Å². The van der Waals surface area contributed by atoms with Crippen molar-refractivity contribution in [1.29, 1.82) is 0 Å². The van der Waals surface area contributed by atoms with Crippen molar-refractivity contribution in [3.63, 3.8) is 0 Å². The molecule has 0 aliphatic carbocycles. The van der Waals surface area contributed by atoms with Crippen LogP contribution in [0, 0.1) is 17.6 Å². The average molecular weight is 341 g/mol. The number of aliphatic carboxylic acids is 1. The van der Waals surface area contributed by atoms with Crippen LogP contribution in [0.5, 0.6) is 0 Å². The van der Waals surface area contributed by atoms with Crippen molar-refractivity contribution in [3.05, 3.63) is 35.4 Å². The summed E-state index contributed by atoms with van der Waals surface area (Å²) in [7, 11) is 0. The highest BCUT2D eigenvalue weighted by Crippen LogP contribution is 2.35. The van der Waals surface area contributed by atoms with E-state index in [-0.39, 0.29) is 25.1 Å². The lowest BCUT2D eigenvalue weighted by atomic mass is 9.80. The maximum absolute atomic E-state index is 14.1. The lowest BCUT2D eigenvalue weighted by Gasteiger charge is -2.37. The van der Waals surface area contributed by atoms with Crippen LogP contribution in [-0.2, 0) is 9.53 Å². The highest BCUT2D eigenvalue weighted by molar-refractivity contribution is 5.73. The fraction of sp³-hybridized carbons (Fsp3) is 0.529. The van der Waals surface area contributed by atoms with Crippen LogP contribution in [0.25, 0.3) is 0 Å². The van der Waals surface area contributed by atoms with Crippen molar-refractivity contribution in [2.75, 3.05) is 13.1 Å². The summed E-state index contributed by atoms with van der Waals surface area (Å²) < 4.78 is 32.5. The van der Waals surface area contributed by atoms with Crippen molar-refractivity contribution in [2.24, 2.45) is 5.92 Å². The third-order valence-electron chi connectivity index (χ3n) is 3.94. The molecule has 1 aliphatic rings. The molecule has 0 spiro atoms. The van der Waals surface area contributed by atoms with E-state index < -0.39 is 41.1 Å². The highest BCUT2D eigenvalue weighted by atomic mass is 19.1. The molecule has 1 N–H and O–H groups in total. The molecule has 1 saturated heterocycles. The van der Waals surface area contributed by atoms with Gasteiger partial charge in [0.25, 0.3) is 0 Å². The minimum atomic E-state index is -1.06. The molecule has 0 radical (unpaired) electrons. The molecule has 1 amide bonds. The van der Waals surface area contributed by atoms with Crippen molar-refractivity contribution >= 4 is 12.1 Å². The van der Waals surface area contributed by atoms with E-state index in [0.29, 0.717) is 0 Å². The SMILES string of the molecule is CC(C)(C)OC(=O)N1CC[C@@H](C(=O)O)[C@H](c2ccc(F)cc2F)C1. The molecule has 1 aliphatic heterocycles. The number of benzene rings is 1. The van der Waals surface area contributed by atoms with E-state index in [0.717, 1.165) is 12.1 Å². The number of carbonyl (C=O) groups is 2. The van der Waals surface area contributed by atoms with Gasteiger partial charge in [-0.3, -0.25) is 4.79 Å². The summed E-state index contributed by atoms with van der Waals surface area (Å²) >= 11 is 0. The van der Waals surface area contributed by atoms with E-state index in [9.17, 15) is 23.5 Å². The second-order valence-corrected chi connectivity index (χ2v) is 6.93. The number of hydrogen-bond donors (Lipinski definition) is 1. The molecule has 132 valence electrons. The van der Waals surface area contributed by atoms with Gasteiger partial charge in [-0.25, -0.2) is 13.6 Å². The molecule has 1 aromatic carbocycles. The lowest BCUT2D eigenvalue weighted by molar-refractivity contribution is -0.144. The molecule has 0 bridgehead atoms. The Hall–Kier alpha value is -2.18. The second-order valence-electron chi connectivity index (χ2n) is 6.93. The highest BCUT2D eigenvalue weighted by Gasteiger charge is 2.39. The van der Waals surface area contributed by atoms with E-state index in [4.69, 9.17) is 4.74 Å². The van der Waals surface area contributed by atoms with Crippen LogP contribution in [0.2, 0.25) is 0 Å². The Labute approximate surface area is 139 Å². The molecule has 24 heavy (non-hydrogen) atoms. The van der Waals surface area contributed by atoms with Crippen molar-refractivity contribution in [1.82, 2.24) is 4.90 Å². The second kappa shape index (κ2) is 6.75. The molecular formula is C17H21F2NO4. The number of carbonyl (C=O) groups excluding carboxylic acids is 1. The van der Waals surface area contributed by atoms with Gasteiger partial charge in [0.2, 0.25) is 0 Å². The first-order valence-electron chi connectivity index (χ1n) is 7.74. The third-order valence-corrected chi connectivity index (χ3v) is 3.94. The molecule has 1 heterocycles. The molecule has 0 saturated carbocycles. The van der Waals surface area contributed by atoms with E-state index >= 15 is 0 Å². The smallest absolute Gasteiger partial charge is 0.410 e. The normalized spacial score (nSPS) is 21.5. The lowest BCUT2D eigenvalue weighted by Crippen LogP contribution is -2.46. The van der Waals surface area contributed by atoms with Crippen molar-refractivity contribution in [3.8, 4) is 0 Å². The van der Waals surface area contributed by atoms with Crippen LogP contribution < -0.4 is 0 Å². The quantitative estimate of drug-likeness (QED) is 0.895. The first-order valence-corrected chi connectivity index (χ1v) is 7.74. The molecule has 5 nitrogen and oxygen atoms in total. The summed E-state index contributed by atoms with van der Waals surface area (Å²) in [5.74, 6) is -4.21. The zero-order valence-electron chi connectivity index (χ0n) is 13.9. The van der Waals surface area contributed by atoms with Gasteiger partial charge in [-0.05, 0) is 38.8 Å². The average Bonchev–Trinajstić information content (AvgIpc) is 2.44. The standard InChI is InChI=1S/C17H21F2NO4/c1-17(2,3)24-16(23)20-7-6-12(15(21)22)13(9-20)11-5-4-10(18)8-14(11)19/h4-5,8,12-13H,6-7,9H2,1-3H3,(H,21,22)/t12-,13+/m1/s1. The molecule has 0 aromatic heterocycles. The molecule has 1 fully saturated rings. The van der Waals surface area contributed by atoms with Gasteiger partial charge < -0.3 is 14.7 Å². The number of amides is 1. The van der Waals surface area contributed by atoms with Crippen LogP contribution in [0.15, 0.2) is 18.2 Å². The number of carboxylic acid groups (broad SMARTS) is 1. The summed E-state index contributed by atoms with van der Waals surface area (Å²) in [5.41, 5.74) is -0.589. The summed E-state index contributed by atoms with van der Waals surface area (Å²) in [5, 5.41) is 9.40. The summed E-state index contributed by atoms with van der Waals surface area (Å²) in [6.45, 7) is 5.41. The minimum absolute atomic E-state index is 0.00837. The molecule has 0 unspecified atom stereocenters. The Kier molecular flexibility index (Phi) is 5.11. The van der Waals surface area contributed by atoms with Crippen LogP contribution in [0.4, 0.5) is 13.6 Å². The largest absolute Gasteiger partial charge is 0.481 e. The summed E-state index contributed by atoms with van der Waals surface area (Å²) in [4.78, 5) is 25.1. The molecular weight excluding hydrogens is 320 g/mol. The van der Waals surface area contributed by atoms with Gasteiger partial charge in [-0.15, -0.1) is 0 Å². The Morgan fingerprint density at radius 2 is 1.96 bits per heavy atom. The van der Waals surface area contributed by atoms with E-state index in [1.165, 1.54) is 11.0 Å². The Morgan fingerprint density at radius 3 is 2.50 bits per heavy atom. The number of rotatable bonds is 2. The first-order chi connectivity index (χ1) is 11.1. The Bertz CT molecular complexity index is 642. The van der Waals surface area contributed by atoms with Crippen LogP contribution in [0.1, 0.15) is 38.7 Å². The van der Waals surface area contributed by atoms with Gasteiger partial charge in [-0.1, -0.05) is 6.07 Å². The third kappa shape index (κ3) is 4.21. The zero-order chi connectivity index (χ0) is 18.1. The monoisotopic (exact) mass is 341 g/mol. The van der Waals surface area contributed by atoms with E-state index in [1.807, 2.05) is 0 Å². The zero-order valence-corrected chi connectivity index (χ0v) is 13.9. The van der Waals surface area contributed by atoms with Gasteiger partial charge in [0.15, 0.2) is 0 Å². The van der Waals surface area contributed by atoms with Gasteiger partial charge in [0, 0.05) is 25.1 Å². The van der Waals surface area contributed by atoms with Crippen LogP contribution in [0.3, 0.4) is 0 Å². The predicted octanol–water partition coefficient (Wildman–Crippen LogP) is 3.39. The molecule has 7 heteroatoms. The fourth-order valence-corrected chi connectivity index (χ4v) is 2.86. The maximum Gasteiger partial charge on any atom is 0.410 e. The van der Waals surface area contributed by atoms with Gasteiger partial charge in [-0.2, -0.15) is 0 Å². The Morgan fingerprint density at radius 1 is 1.29 bits per heavy atom. The number of ether oxygens (including phenoxy) is 1.